The number of aliphatic hydroxyl groups excluding tert-OH is 2. The van der Waals surface area contributed by atoms with Gasteiger partial charge in [-0.25, -0.2) is 0 Å². The summed E-state index contributed by atoms with van der Waals surface area (Å²) in [4.78, 5) is 182. The third kappa shape index (κ3) is 28.6. The fourth-order valence-corrected chi connectivity index (χ4v) is 12.7. The molecule has 11 amide bonds. The molecule has 0 saturated carbocycles. The number of likely N-dealkylation sites (N-methyl/N-ethyl adjacent to an activating group) is 1. The molecule has 11 atom stereocenters. The lowest BCUT2D eigenvalue weighted by Gasteiger charge is -2.40. The molecule has 1 saturated heterocycles. The van der Waals surface area contributed by atoms with Gasteiger partial charge in [-0.1, -0.05) is 80.5 Å². The number of amides is 11. The number of unbranched alkanes of at least 4 members (excludes halogenated alkanes) is 1. The first-order valence-electron chi connectivity index (χ1n) is 31.3. The first-order valence-corrected chi connectivity index (χ1v) is 33.4. The molecule has 1 heterocycles. The van der Waals surface area contributed by atoms with Gasteiger partial charge in [-0.15, -0.1) is 0 Å². The van der Waals surface area contributed by atoms with E-state index >= 15 is 14.4 Å². The van der Waals surface area contributed by atoms with Crippen LogP contribution in [0.15, 0.2) is 24.3 Å². The van der Waals surface area contributed by atoms with E-state index in [4.69, 9.17) is 22.6 Å². The molecular weight excluding hydrogens is 1280 g/mol. The van der Waals surface area contributed by atoms with Gasteiger partial charge in [-0.3, -0.25) is 67.7 Å². The SMILES string of the molecule is CC(=O)N[C@@H]1C(=O)N(C)[C@@H](CCCNC(=N)N)C(=O)N[C@@H](CO)C(=O)N[C@@H](CC(=O)O)C(=O)N[C@@H](C(C)O)C(=O)N[C@@H](CC(C)C)C(=O)N[C@H](C(=O)N[C@@H](Cc2ccc(C(C)(C)C)cc2)C(=O)N[C@@H](CCC(=O)O)CC(=O)N[C@H](CCCCN)C(N)=O)C(C)(C)SSC1(C)C. The van der Waals surface area contributed by atoms with Crippen molar-refractivity contribution in [3.05, 3.63) is 35.4 Å². The predicted octanol–water partition coefficient (Wildman–Crippen LogP) is -2.28. The number of nitrogens with zero attached hydrogens (tertiary/aromatic N) is 1. The Bertz CT molecular complexity index is 2880. The van der Waals surface area contributed by atoms with Gasteiger partial charge in [0.15, 0.2) is 5.96 Å². The molecule has 0 aromatic heterocycles. The van der Waals surface area contributed by atoms with Gasteiger partial charge in [0.1, 0.15) is 54.4 Å². The number of carboxylic acid groups (broad SMARTS) is 2. The highest BCUT2D eigenvalue weighted by Crippen LogP contribution is 2.47. The van der Waals surface area contributed by atoms with Crippen LogP contribution in [0.5, 0.6) is 0 Å². The number of nitrogens with one attached hydrogen (secondary N) is 11. The molecule has 1 aliphatic rings. The number of carbonyl (C=O) groups excluding carboxylic acids is 11. The molecule has 0 aliphatic carbocycles. The summed E-state index contributed by atoms with van der Waals surface area (Å²) in [5.41, 5.74) is 17.8. The molecule has 0 radical (unpaired) electrons. The first kappa shape index (κ1) is 83.3. The van der Waals surface area contributed by atoms with Gasteiger partial charge in [-0.2, -0.15) is 0 Å². The highest BCUT2D eigenvalue weighted by atomic mass is 33.1. The van der Waals surface area contributed by atoms with Gasteiger partial charge in [0.2, 0.25) is 65.0 Å². The van der Waals surface area contributed by atoms with Gasteiger partial charge in [0, 0.05) is 55.3 Å². The summed E-state index contributed by atoms with van der Waals surface area (Å²) in [5, 5.41) is 73.9. The van der Waals surface area contributed by atoms with Crippen LogP contribution in [0.2, 0.25) is 0 Å². The average Bonchev–Trinajstić information content (AvgIpc) is 0.924. The highest BCUT2D eigenvalue weighted by Gasteiger charge is 2.47. The third-order valence-electron chi connectivity index (χ3n) is 15.3. The molecule has 1 aliphatic heterocycles. The van der Waals surface area contributed by atoms with E-state index in [9.17, 15) is 68.4 Å². The number of hydrogen-bond acceptors (Lipinski definition) is 19. The van der Waals surface area contributed by atoms with E-state index < -0.39 is 191 Å². The fraction of sp³-hybridized carbons (Fsp3) is 0.672. The zero-order valence-electron chi connectivity index (χ0n) is 56.2. The maximum absolute atomic E-state index is 15.6. The van der Waals surface area contributed by atoms with Crippen molar-refractivity contribution >= 4 is 104 Å². The minimum absolute atomic E-state index is 0.00717. The van der Waals surface area contributed by atoms with Crippen LogP contribution in [-0.4, -0.2) is 211 Å². The summed E-state index contributed by atoms with van der Waals surface area (Å²) in [7, 11) is 3.09. The average molecular weight is 1380 g/mol. The van der Waals surface area contributed by atoms with Crippen molar-refractivity contribution in [1.82, 2.24) is 58.1 Å². The van der Waals surface area contributed by atoms with E-state index in [2.05, 4.69) is 53.2 Å². The zero-order valence-corrected chi connectivity index (χ0v) is 57.9. The van der Waals surface area contributed by atoms with E-state index in [0.29, 0.717) is 24.9 Å². The molecule has 1 aromatic carbocycles. The summed E-state index contributed by atoms with van der Waals surface area (Å²) < 4.78 is -3.06. The first-order chi connectivity index (χ1) is 44.0. The van der Waals surface area contributed by atoms with E-state index in [1.807, 2.05) is 32.9 Å². The third-order valence-corrected chi connectivity index (χ3v) is 19.6. The lowest BCUT2D eigenvalue weighted by molar-refractivity contribution is -0.144. The Balaban J connectivity index is 3.08. The topological polar surface area (TPSA) is 528 Å². The summed E-state index contributed by atoms with van der Waals surface area (Å²) in [6.45, 7) is 16.8. The fourth-order valence-electron chi connectivity index (χ4n) is 9.88. The molecule has 95 heavy (non-hydrogen) atoms. The van der Waals surface area contributed by atoms with Crippen molar-refractivity contribution in [2.45, 2.75) is 228 Å². The van der Waals surface area contributed by atoms with Crippen LogP contribution in [0.3, 0.4) is 0 Å². The lowest BCUT2D eigenvalue weighted by atomic mass is 9.86. The maximum atomic E-state index is 15.6. The number of carbonyl (C=O) groups is 13. The molecule has 34 heteroatoms. The van der Waals surface area contributed by atoms with Gasteiger partial charge in [-0.05, 0) is 109 Å². The van der Waals surface area contributed by atoms with Crippen LogP contribution in [0, 0.1) is 11.3 Å². The highest BCUT2D eigenvalue weighted by molar-refractivity contribution is 8.77. The molecule has 21 N–H and O–H groups in total. The van der Waals surface area contributed by atoms with Crippen LogP contribution in [-0.2, 0) is 74.2 Å². The summed E-state index contributed by atoms with van der Waals surface area (Å²) in [5.74, 6) is -14.9. The van der Waals surface area contributed by atoms with E-state index in [0.717, 1.165) is 45.9 Å². The van der Waals surface area contributed by atoms with Gasteiger partial charge in [0.05, 0.1) is 19.1 Å². The largest absolute Gasteiger partial charge is 0.481 e. The number of aliphatic hydroxyl groups is 2. The second-order valence-corrected chi connectivity index (χ2v) is 29.5. The minimum Gasteiger partial charge on any atom is -0.481 e. The molecular formula is C61H101N15O17S2. The Morgan fingerprint density at radius 2 is 1.32 bits per heavy atom. The Kier molecular flexibility index (Phi) is 33.9. The Hall–Kier alpha value is -7.82. The zero-order chi connectivity index (χ0) is 72.5. The number of benzene rings is 1. The van der Waals surface area contributed by atoms with Crippen LogP contribution >= 0.6 is 21.6 Å². The Morgan fingerprint density at radius 3 is 1.84 bits per heavy atom. The molecule has 1 aromatic rings. The van der Waals surface area contributed by atoms with Crippen LogP contribution in [0.25, 0.3) is 0 Å². The number of carboxylic acids is 2. The molecule has 32 nitrogen and oxygen atoms in total. The molecule has 2 rings (SSSR count). The second-order valence-electron chi connectivity index (χ2n) is 26.1. The Labute approximate surface area is 561 Å². The quantitative estimate of drug-likeness (QED) is 0.0182. The number of nitrogens with two attached hydrogens (primary N) is 3. The maximum Gasteiger partial charge on any atom is 0.305 e. The van der Waals surface area contributed by atoms with Crippen molar-refractivity contribution in [1.29, 1.82) is 5.41 Å². The second kappa shape index (κ2) is 38.7. The monoisotopic (exact) mass is 1380 g/mol. The summed E-state index contributed by atoms with van der Waals surface area (Å²) >= 11 is 0. The van der Waals surface area contributed by atoms with Crippen molar-refractivity contribution in [2.24, 2.45) is 23.1 Å². The molecule has 1 fully saturated rings. The van der Waals surface area contributed by atoms with Crippen LogP contribution < -0.4 is 70.4 Å². The normalized spacial score (nSPS) is 22.3. The smallest absolute Gasteiger partial charge is 0.305 e. The molecule has 0 bridgehead atoms. The van der Waals surface area contributed by atoms with Crippen molar-refractivity contribution in [2.75, 3.05) is 26.7 Å². The van der Waals surface area contributed by atoms with Gasteiger partial charge in [0.25, 0.3) is 0 Å². The van der Waals surface area contributed by atoms with E-state index in [1.165, 1.54) is 20.9 Å². The standard InChI is InChI=1S/C61H101N15O17S2/c1-31(2)26-38-52(88)75-47(56(92)72-39(27-34-18-20-35(21-19-34)59(5,6)7)50(86)68-36(22-23-44(81)82)28-43(80)69-37(49(63)85)16-13-14-24-62)60(8,9)94-95-61(10,11)48(67-33(4)79)57(93)76(12)42(17-15-25-66-58(64)65)54(90)73-41(30-77)53(89)70-40(29-45(83)84)51(87)74-46(32(3)78)55(91)71-38/h18-21,31-32,36-42,46-48,77-78H,13-17,22-30,62H2,1-12H3,(H2,63,85)(H,67,79)(H,68,86)(H,69,80)(H,70,89)(H,71,91)(H,72,92)(H,73,90)(H,74,87)(H,75,88)(H,81,82)(H,83,84)(H4,64,65,66)/t32?,36-,37+,38-,39-,40-,41-,42-,46-,47+,48+/m0/s1. The predicted molar refractivity (Wildman–Crippen MR) is 355 cm³/mol. The summed E-state index contributed by atoms with van der Waals surface area (Å²) in [6.07, 6.45) is -3.87. The van der Waals surface area contributed by atoms with Gasteiger partial charge < -0.3 is 95.7 Å². The lowest BCUT2D eigenvalue weighted by Crippen LogP contribution is -2.64. The Morgan fingerprint density at radius 1 is 0.737 bits per heavy atom. The van der Waals surface area contributed by atoms with Crippen LogP contribution in [0.1, 0.15) is 151 Å². The summed E-state index contributed by atoms with van der Waals surface area (Å²) in [6, 6.07) is -9.27. The number of aliphatic carboxylic acids is 2. The van der Waals surface area contributed by atoms with Crippen molar-refractivity contribution in [3.8, 4) is 0 Å². The molecule has 1 unspecified atom stereocenters. The number of primary amides is 1. The van der Waals surface area contributed by atoms with E-state index in [1.54, 1.807) is 39.8 Å². The van der Waals surface area contributed by atoms with Crippen molar-refractivity contribution < 1.29 is 82.8 Å². The van der Waals surface area contributed by atoms with Crippen LogP contribution in [0.4, 0.5) is 0 Å². The number of guanidine groups is 1. The van der Waals surface area contributed by atoms with Gasteiger partial charge >= 0.3 is 11.9 Å². The van der Waals surface area contributed by atoms with Crippen molar-refractivity contribution in [3.63, 3.8) is 0 Å². The van der Waals surface area contributed by atoms with E-state index in [-0.39, 0.29) is 50.5 Å². The minimum atomic E-state index is -2.06. The molecule has 0 spiro atoms. The number of rotatable bonds is 28. The molecule has 534 valence electrons. The number of hydrogen-bond donors (Lipinski definition) is 18.